The van der Waals surface area contributed by atoms with E-state index < -0.39 is 11.9 Å². The number of rotatable bonds is 15. The van der Waals surface area contributed by atoms with Crippen LogP contribution in [0.3, 0.4) is 0 Å². The lowest BCUT2D eigenvalue weighted by Gasteiger charge is -2.37. The molecule has 8 atom stereocenters. The van der Waals surface area contributed by atoms with Crippen LogP contribution in [-0.4, -0.2) is 50.6 Å². The minimum atomic E-state index is -0.408. The van der Waals surface area contributed by atoms with Crippen molar-refractivity contribution in [1.29, 1.82) is 0 Å². The zero-order chi connectivity index (χ0) is 29.7. The zero-order valence-corrected chi connectivity index (χ0v) is 25.9. The molecule has 2 fully saturated rings. The number of ether oxygens (including phenoxy) is 4. The highest BCUT2D eigenvalue weighted by molar-refractivity contribution is 5.71. The Bertz CT molecular complexity index is 781. The topological polar surface area (TPSA) is 71.1 Å². The largest absolute Gasteiger partial charge is 0.464 e. The molecular formula is C34H54O6. The Morgan fingerprint density at radius 2 is 1.07 bits per heavy atom. The van der Waals surface area contributed by atoms with Crippen LogP contribution in [0.15, 0.2) is 0 Å². The molecule has 0 aromatic heterocycles. The van der Waals surface area contributed by atoms with E-state index in [1.165, 1.54) is 12.8 Å². The van der Waals surface area contributed by atoms with Crippen molar-refractivity contribution in [3.8, 4) is 24.7 Å². The Morgan fingerprint density at radius 1 is 0.700 bits per heavy atom. The normalized spacial score (nSPS) is 28.4. The van der Waals surface area contributed by atoms with E-state index >= 15 is 0 Å². The molecule has 2 aliphatic rings. The fourth-order valence-electron chi connectivity index (χ4n) is 6.47. The molecule has 2 aliphatic carbocycles. The highest BCUT2D eigenvalue weighted by Gasteiger charge is 2.33. The van der Waals surface area contributed by atoms with Gasteiger partial charge in [-0.05, 0) is 61.2 Å². The summed E-state index contributed by atoms with van der Waals surface area (Å²) in [5.41, 5.74) is 0. The number of carbonyl (C=O) groups excluding carboxylic acids is 2. The highest BCUT2D eigenvalue weighted by atomic mass is 16.6. The number of esters is 2. The standard InChI is InChI=1S/C34H54O6/c1-9-11-27(19-39-33(35)21-37-31-17-25(7)13-15-29(31)23(3)4)28(12-10-2)20-40-34(36)22-38-32-18-26(8)14-16-30(32)24(5)6/h1-2,23-32H,11-22H2,3-8H3/t25-,26+,27-,28+,29+,30-,31-,32-/m0/s1. The van der Waals surface area contributed by atoms with Crippen molar-refractivity contribution in [2.45, 2.75) is 105 Å². The zero-order valence-electron chi connectivity index (χ0n) is 25.9. The van der Waals surface area contributed by atoms with Crippen LogP contribution in [0, 0.1) is 72.0 Å². The molecule has 226 valence electrons. The Balaban J connectivity index is 1.84. The Kier molecular flexibility index (Phi) is 15.1. The third-order valence-corrected chi connectivity index (χ3v) is 9.10. The molecule has 0 aromatic carbocycles. The van der Waals surface area contributed by atoms with Crippen LogP contribution in [0.2, 0.25) is 0 Å². The number of hydrogen-bond donors (Lipinski definition) is 0. The maximum Gasteiger partial charge on any atom is 0.332 e. The van der Waals surface area contributed by atoms with Crippen molar-refractivity contribution < 1.29 is 28.5 Å². The Labute approximate surface area is 244 Å². The Hall–Kier alpha value is -2.02. The average Bonchev–Trinajstić information content (AvgIpc) is 2.90. The minimum absolute atomic E-state index is 0.0706. The van der Waals surface area contributed by atoms with E-state index in [1.54, 1.807) is 0 Å². The lowest BCUT2D eigenvalue weighted by Crippen LogP contribution is -2.36. The van der Waals surface area contributed by atoms with Gasteiger partial charge in [-0.1, -0.05) is 54.4 Å². The van der Waals surface area contributed by atoms with Gasteiger partial charge in [-0.3, -0.25) is 0 Å². The second-order valence-corrected chi connectivity index (χ2v) is 13.1. The van der Waals surface area contributed by atoms with Gasteiger partial charge in [-0.15, -0.1) is 24.7 Å². The SMILES string of the molecule is C#CC[C@H](COC(=O)CO[C@H]1C[C@H](C)CC[C@H]1C(C)C)[C@@H](CC#C)COC(=O)CO[C@H]1C[C@@H](C)CC[C@@H]1C(C)C. The van der Waals surface area contributed by atoms with E-state index in [0.717, 1.165) is 25.7 Å². The van der Waals surface area contributed by atoms with Gasteiger partial charge in [0.1, 0.15) is 13.2 Å². The van der Waals surface area contributed by atoms with Crippen molar-refractivity contribution in [3.05, 3.63) is 0 Å². The smallest absolute Gasteiger partial charge is 0.332 e. The van der Waals surface area contributed by atoms with E-state index in [4.69, 9.17) is 31.8 Å². The number of carbonyl (C=O) groups is 2. The molecule has 0 spiro atoms. The molecule has 0 unspecified atom stereocenters. The number of terminal acetylenes is 2. The van der Waals surface area contributed by atoms with E-state index in [2.05, 4.69) is 53.4 Å². The van der Waals surface area contributed by atoms with Gasteiger partial charge in [-0.25, -0.2) is 9.59 Å². The molecule has 0 radical (unpaired) electrons. The summed E-state index contributed by atoms with van der Waals surface area (Å²) >= 11 is 0. The predicted octanol–water partition coefficient (Wildman–Crippen LogP) is 6.31. The molecule has 0 heterocycles. The molecule has 40 heavy (non-hydrogen) atoms. The second kappa shape index (κ2) is 17.7. The summed E-state index contributed by atoms with van der Waals surface area (Å²) in [6.45, 7) is 13.4. The molecule has 2 rings (SSSR count). The van der Waals surface area contributed by atoms with Crippen LogP contribution in [-0.2, 0) is 28.5 Å². The fourth-order valence-corrected chi connectivity index (χ4v) is 6.47. The quantitative estimate of drug-likeness (QED) is 0.173. The van der Waals surface area contributed by atoms with Gasteiger partial charge in [0.2, 0.25) is 0 Å². The van der Waals surface area contributed by atoms with Crippen molar-refractivity contribution in [2.24, 2.45) is 47.3 Å². The maximum atomic E-state index is 12.6. The first-order chi connectivity index (χ1) is 19.0. The summed E-state index contributed by atoms with van der Waals surface area (Å²) in [5, 5.41) is 0. The highest BCUT2D eigenvalue weighted by Crippen LogP contribution is 2.36. The lowest BCUT2D eigenvalue weighted by molar-refractivity contribution is -0.159. The van der Waals surface area contributed by atoms with Crippen LogP contribution >= 0.6 is 0 Å². The summed E-state index contributed by atoms with van der Waals surface area (Å²) < 4.78 is 23.3. The molecule has 0 aromatic rings. The summed E-state index contributed by atoms with van der Waals surface area (Å²) in [5.74, 6) is 7.17. The molecule has 0 amide bonds. The monoisotopic (exact) mass is 558 g/mol. The van der Waals surface area contributed by atoms with Crippen LogP contribution < -0.4 is 0 Å². The second-order valence-electron chi connectivity index (χ2n) is 13.1. The molecule has 2 saturated carbocycles. The maximum absolute atomic E-state index is 12.6. The lowest BCUT2D eigenvalue weighted by atomic mass is 9.75. The van der Waals surface area contributed by atoms with Gasteiger partial charge in [0, 0.05) is 24.7 Å². The van der Waals surface area contributed by atoms with Gasteiger partial charge in [0.25, 0.3) is 0 Å². The van der Waals surface area contributed by atoms with Crippen molar-refractivity contribution >= 4 is 11.9 Å². The van der Waals surface area contributed by atoms with Crippen molar-refractivity contribution in [2.75, 3.05) is 26.4 Å². The van der Waals surface area contributed by atoms with E-state index in [1.807, 2.05) is 0 Å². The molecular weight excluding hydrogens is 504 g/mol. The Morgan fingerprint density at radius 3 is 1.40 bits per heavy atom. The number of hydrogen-bond acceptors (Lipinski definition) is 6. The van der Waals surface area contributed by atoms with Crippen LogP contribution in [0.1, 0.15) is 92.9 Å². The van der Waals surface area contributed by atoms with Gasteiger partial charge >= 0.3 is 11.9 Å². The van der Waals surface area contributed by atoms with E-state index in [9.17, 15) is 9.59 Å². The van der Waals surface area contributed by atoms with Crippen molar-refractivity contribution in [1.82, 2.24) is 0 Å². The first-order valence-electron chi connectivity index (χ1n) is 15.5. The van der Waals surface area contributed by atoms with Gasteiger partial charge in [0.05, 0.1) is 25.4 Å². The van der Waals surface area contributed by atoms with Crippen LogP contribution in [0.25, 0.3) is 0 Å². The van der Waals surface area contributed by atoms with Crippen molar-refractivity contribution in [3.63, 3.8) is 0 Å². The predicted molar refractivity (Wildman–Crippen MR) is 158 cm³/mol. The van der Waals surface area contributed by atoms with Gasteiger partial charge < -0.3 is 18.9 Å². The molecule has 0 bridgehead atoms. The molecule has 0 aliphatic heterocycles. The molecule has 0 N–H and O–H groups in total. The molecule has 6 heteroatoms. The summed E-state index contributed by atoms with van der Waals surface area (Å²) in [7, 11) is 0. The van der Waals surface area contributed by atoms with E-state index in [-0.39, 0.29) is 50.5 Å². The summed E-state index contributed by atoms with van der Waals surface area (Å²) in [4.78, 5) is 25.2. The first-order valence-corrected chi connectivity index (χ1v) is 15.5. The average molecular weight is 559 g/mol. The van der Waals surface area contributed by atoms with Gasteiger partial charge in [-0.2, -0.15) is 0 Å². The van der Waals surface area contributed by atoms with Crippen LogP contribution in [0.5, 0.6) is 0 Å². The first kappa shape index (κ1) is 34.2. The van der Waals surface area contributed by atoms with E-state index in [0.29, 0.717) is 48.3 Å². The third-order valence-electron chi connectivity index (χ3n) is 9.10. The van der Waals surface area contributed by atoms with Gasteiger partial charge in [0.15, 0.2) is 0 Å². The van der Waals surface area contributed by atoms with Crippen LogP contribution in [0.4, 0.5) is 0 Å². The fraction of sp³-hybridized carbons (Fsp3) is 0.824. The minimum Gasteiger partial charge on any atom is -0.464 e. The third kappa shape index (κ3) is 11.5. The molecule has 0 saturated heterocycles. The summed E-state index contributed by atoms with van der Waals surface area (Å²) in [6, 6.07) is 0. The molecule has 6 nitrogen and oxygen atoms in total. The summed E-state index contributed by atoms with van der Waals surface area (Å²) in [6.07, 6.45) is 18.7.